The molecule has 4 nitrogen and oxygen atoms in total. The van der Waals surface area contributed by atoms with Gasteiger partial charge in [0.05, 0.1) is 5.92 Å². The summed E-state index contributed by atoms with van der Waals surface area (Å²) in [6.07, 6.45) is 3.06. The lowest BCUT2D eigenvalue weighted by molar-refractivity contribution is -0.141. The van der Waals surface area contributed by atoms with Crippen LogP contribution in [0.15, 0.2) is 12.3 Å². The number of nitrogens with one attached hydrogen (secondary N) is 1. The third-order valence-corrected chi connectivity index (χ3v) is 1.83. The molecule has 2 N–H and O–H groups in total. The van der Waals surface area contributed by atoms with Gasteiger partial charge in [0, 0.05) is 11.9 Å². The number of hydrogen-bond donors (Lipinski definition) is 2. The Balaban J connectivity index is 2.31. The van der Waals surface area contributed by atoms with E-state index in [4.69, 9.17) is 5.11 Å². The van der Waals surface area contributed by atoms with E-state index in [1.165, 1.54) is 0 Å². The molecule has 4 heteroatoms. The topological polar surface area (TPSA) is 66.0 Å². The molecule has 0 aliphatic carbocycles. The van der Waals surface area contributed by atoms with E-state index in [9.17, 15) is 4.79 Å². The molecule has 12 heavy (non-hydrogen) atoms. The molecule has 66 valence electrons. The van der Waals surface area contributed by atoms with Crippen molar-refractivity contribution in [2.24, 2.45) is 5.92 Å². The minimum absolute atomic E-state index is 0.284. The van der Waals surface area contributed by atoms with E-state index in [2.05, 4.69) is 10.2 Å². The summed E-state index contributed by atoms with van der Waals surface area (Å²) in [5.74, 6) is -1.03. The molecule has 1 unspecified atom stereocenters. The van der Waals surface area contributed by atoms with Crippen LogP contribution in [0.2, 0.25) is 0 Å². The molecule has 0 bridgehead atoms. The normalized spacial score (nSPS) is 12.8. The van der Waals surface area contributed by atoms with Crippen molar-refractivity contribution in [2.75, 3.05) is 0 Å². The van der Waals surface area contributed by atoms with E-state index < -0.39 is 5.97 Å². The first-order valence-corrected chi connectivity index (χ1v) is 3.91. The number of rotatable bonds is 4. The van der Waals surface area contributed by atoms with Gasteiger partial charge in [-0.25, -0.2) is 0 Å². The SMILES string of the molecule is CC(CCc1ccn[nH]1)C(=O)O. The van der Waals surface area contributed by atoms with Crippen LogP contribution in [0.3, 0.4) is 0 Å². The molecular formula is C8H12N2O2. The summed E-state index contributed by atoms with van der Waals surface area (Å²) in [7, 11) is 0. The molecule has 0 spiro atoms. The second kappa shape index (κ2) is 3.90. The number of hydrogen-bond acceptors (Lipinski definition) is 2. The van der Waals surface area contributed by atoms with Crippen LogP contribution in [0.5, 0.6) is 0 Å². The van der Waals surface area contributed by atoms with E-state index in [0.717, 1.165) is 12.1 Å². The summed E-state index contributed by atoms with van der Waals surface area (Å²) in [5, 5.41) is 15.1. The minimum atomic E-state index is -0.741. The van der Waals surface area contributed by atoms with E-state index in [-0.39, 0.29) is 5.92 Å². The van der Waals surface area contributed by atoms with Gasteiger partial charge in [0.2, 0.25) is 0 Å². The molecule has 0 aliphatic heterocycles. The van der Waals surface area contributed by atoms with Crippen LogP contribution in [-0.4, -0.2) is 21.3 Å². The van der Waals surface area contributed by atoms with Crippen molar-refractivity contribution >= 4 is 5.97 Å². The van der Waals surface area contributed by atoms with Crippen molar-refractivity contribution in [3.8, 4) is 0 Å². The third-order valence-electron chi connectivity index (χ3n) is 1.83. The number of aromatic amines is 1. The lowest BCUT2D eigenvalue weighted by atomic mass is 10.1. The number of aliphatic carboxylic acids is 1. The highest BCUT2D eigenvalue weighted by Gasteiger charge is 2.10. The molecule has 1 aromatic heterocycles. The zero-order chi connectivity index (χ0) is 8.97. The number of carboxylic acid groups (broad SMARTS) is 1. The predicted molar refractivity (Wildman–Crippen MR) is 43.7 cm³/mol. The molecular weight excluding hydrogens is 156 g/mol. The van der Waals surface area contributed by atoms with E-state index in [1.54, 1.807) is 13.1 Å². The van der Waals surface area contributed by atoms with E-state index in [1.807, 2.05) is 6.07 Å². The molecule has 1 atom stereocenters. The Bertz CT molecular complexity index is 244. The van der Waals surface area contributed by atoms with Crippen molar-refractivity contribution in [1.82, 2.24) is 10.2 Å². The maximum Gasteiger partial charge on any atom is 0.306 e. The van der Waals surface area contributed by atoms with Crippen LogP contribution in [0, 0.1) is 5.92 Å². The Morgan fingerprint density at radius 2 is 2.58 bits per heavy atom. The van der Waals surface area contributed by atoms with Crippen LogP contribution in [0.1, 0.15) is 19.0 Å². The summed E-state index contributed by atoms with van der Waals surface area (Å²) in [6, 6.07) is 1.86. The lowest BCUT2D eigenvalue weighted by Gasteiger charge is -2.02. The van der Waals surface area contributed by atoms with Crippen LogP contribution in [0.4, 0.5) is 0 Å². The van der Waals surface area contributed by atoms with Gasteiger partial charge in [0.15, 0.2) is 0 Å². The Morgan fingerprint density at radius 1 is 1.83 bits per heavy atom. The average molecular weight is 168 g/mol. The second-order valence-corrected chi connectivity index (χ2v) is 2.86. The summed E-state index contributed by atoms with van der Waals surface area (Å²) >= 11 is 0. The van der Waals surface area contributed by atoms with Gasteiger partial charge in [-0.1, -0.05) is 6.92 Å². The smallest absolute Gasteiger partial charge is 0.306 e. The second-order valence-electron chi connectivity index (χ2n) is 2.86. The zero-order valence-electron chi connectivity index (χ0n) is 6.95. The molecule has 0 amide bonds. The molecule has 1 heterocycles. The maximum absolute atomic E-state index is 10.4. The van der Waals surface area contributed by atoms with Crippen molar-refractivity contribution < 1.29 is 9.90 Å². The fourth-order valence-electron chi connectivity index (χ4n) is 0.919. The van der Waals surface area contributed by atoms with Gasteiger partial charge in [-0.05, 0) is 18.9 Å². The van der Waals surface area contributed by atoms with Crippen LogP contribution < -0.4 is 0 Å². The number of nitrogens with zero attached hydrogens (tertiary/aromatic N) is 1. The number of carbonyl (C=O) groups is 1. The fourth-order valence-corrected chi connectivity index (χ4v) is 0.919. The van der Waals surface area contributed by atoms with Crippen LogP contribution in [-0.2, 0) is 11.2 Å². The Labute approximate surface area is 70.6 Å². The fraction of sp³-hybridized carbons (Fsp3) is 0.500. The van der Waals surface area contributed by atoms with Crippen molar-refractivity contribution in [2.45, 2.75) is 19.8 Å². The summed E-state index contributed by atoms with van der Waals surface area (Å²) in [4.78, 5) is 10.4. The van der Waals surface area contributed by atoms with Gasteiger partial charge in [-0.3, -0.25) is 9.89 Å². The summed E-state index contributed by atoms with van der Waals surface area (Å²) in [6.45, 7) is 1.71. The molecule has 0 aliphatic rings. The highest BCUT2D eigenvalue weighted by molar-refractivity contribution is 5.69. The summed E-state index contributed by atoms with van der Waals surface area (Å²) in [5.41, 5.74) is 0.989. The highest BCUT2D eigenvalue weighted by Crippen LogP contribution is 2.06. The molecule has 0 radical (unpaired) electrons. The lowest BCUT2D eigenvalue weighted by Crippen LogP contribution is -2.10. The average Bonchev–Trinajstić information content (AvgIpc) is 2.51. The standard InChI is InChI=1S/C8H12N2O2/c1-6(8(11)12)2-3-7-4-5-9-10-7/h4-6H,2-3H2,1H3,(H,9,10)(H,11,12). The summed E-state index contributed by atoms with van der Waals surface area (Å²) < 4.78 is 0. The Kier molecular flexibility index (Phi) is 2.85. The number of aromatic nitrogens is 2. The van der Waals surface area contributed by atoms with Gasteiger partial charge in [-0.2, -0.15) is 5.10 Å². The van der Waals surface area contributed by atoms with Gasteiger partial charge in [0.1, 0.15) is 0 Å². The maximum atomic E-state index is 10.4. The van der Waals surface area contributed by atoms with Crippen molar-refractivity contribution in [3.63, 3.8) is 0 Å². The number of aryl methyl sites for hydroxylation is 1. The molecule has 1 rings (SSSR count). The first-order valence-electron chi connectivity index (χ1n) is 3.91. The van der Waals surface area contributed by atoms with Gasteiger partial charge >= 0.3 is 5.97 Å². The largest absolute Gasteiger partial charge is 0.481 e. The van der Waals surface area contributed by atoms with Crippen molar-refractivity contribution in [3.05, 3.63) is 18.0 Å². The Hall–Kier alpha value is -1.32. The molecule has 1 aromatic rings. The first kappa shape index (κ1) is 8.77. The zero-order valence-corrected chi connectivity index (χ0v) is 6.95. The van der Waals surface area contributed by atoms with Gasteiger partial charge < -0.3 is 5.11 Å². The molecule has 0 saturated carbocycles. The quantitative estimate of drug-likeness (QED) is 0.706. The third kappa shape index (κ3) is 2.38. The molecule has 0 fully saturated rings. The number of carboxylic acids is 1. The van der Waals surface area contributed by atoms with Gasteiger partial charge in [0.25, 0.3) is 0 Å². The predicted octanol–water partition coefficient (Wildman–Crippen LogP) is 1.06. The molecule has 0 saturated heterocycles. The van der Waals surface area contributed by atoms with E-state index >= 15 is 0 Å². The van der Waals surface area contributed by atoms with Crippen LogP contribution >= 0.6 is 0 Å². The minimum Gasteiger partial charge on any atom is -0.481 e. The Morgan fingerprint density at radius 3 is 3.08 bits per heavy atom. The van der Waals surface area contributed by atoms with E-state index in [0.29, 0.717) is 6.42 Å². The highest BCUT2D eigenvalue weighted by atomic mass is 16.4. The monoisotopic (exact) mass is 168 g/mol. The van der Waals surface area contributed by atoms with Crippen molar-refractivity contribution in [1.29, 1.82) is 0 Å². The first-order chi connectivity index (χ1) is 5.70. The van der Waals surface area contributed by atoms with Gasteiger partial charge in [-0.15, -0.1) is 0 Å². The van der Waals surface area contributed by atoms with Crippen LogP contribution in [0.25, 0.3) is 0 Å². The number of H-pyrrole nitrogens is 1. The molecule has 0 aromatic carbocycles.